The van der Waals surface area contributed by atoms with Crippen LogP contribution in [0, 0.1) is 18.8 Å². The number of pyridine rings is 1. The fraction of sp³-hybridized carbons (Fsp3) is 0.321. The maximum absolute atomic E-state index is 13.9. The minimum atomic E-state index is -4.52. The first kappa shape index (κ1) is 26.6. The van der Waals surface area contributed by atoms with Gasteiger partial charge in [-0.25, -0.2) is 9.97 Å². The Bertz CT molecular complexity index is 1530. The van der Waals surface area contributed by atoms with Gasteiger partial charge in [0.2, 0.25) is 0 Å². The molecule has 1 aliphatic heterocycles. The smallest absolute Gasteiger partial charge is 0.369 e. The van der Waals surface area contributed by atoms with Crippen molar-refractivity contribution in [3.8, 4) is 11.8 Å². The minimum absolute atomic E-state index is 0.155. The molecule has 0 saturated carbocycles. The topological polar surface area (TPSA) is 81.8 Å². The lowest BCUT2D eigenvalue weighted by Gasteiger charge is -2.33. The van der Waals surface area contributed by atoms with Gasteiger partial charge in [0.05, 0.1) is 11.8 Å². The minimum Gasteiger partial charge on any atom is -0.369 e. The maximum atomic E-state index is 13.9. The molecule has 11 heteroatoms. The highest BCUT2D eigenvalue weighted by Crippen LogP contribution is 2.35. The Morgan fingerprint density at radius 1 is 1.03 bits per heavy atom. The number of fused-ring (bicyclic) bond motifs is 1. The fourth-order valence-electron chi connectivity index (χ4n) is 4.44. The molecule has 1 aromatic carbocycles. The third-order valence-electron chi connectivity index (χ3n) is 6.66. The van der Waals surface area contributed by atoms with Crippen LogP contribution in [0.4, 0.5) is 18.9 Å². The number of aryl methyl sites for hydroxylation is 1. The molecule has 4 heterocycles. The number of aromatic nitrogens is 4. The molecule has 202 valence electrons. The van der Waals surface area contributed by atoms with Crippen LogP contribution in [0.15, 0.2) is 55.2 Å². The maximum Gasteiger partial charge on any atom is 0.416 e. The Kier molecular flexibility index (Phi) is 7.52. The molecule has 4 aromatic rings. The van der Waals surface area contributed by atoms with Gasteiger partial charge in [0, 0.05) is 73.7 Å². The number of hydrogen-bond acceptors (Lipinski definition) is 7. The van der Waals surface area contributed by atoms with Gasteiger partial charge in [-0.2, -0.15) is 13.2 Å². The SMILES string of the molecule is Cc1cc2ncc(C#Cc3cncc(C(O)Nc4ccc(CN5CCN(C)CC5)c(C(F)(F)F)c4)c3)n2cn1. The molecule has 0 bridgehead atoms. The van der Waals surface area contributed by atoms with Crippen molar-refractivity contribution in [3.05, 3.63) is 88.9 Å². The Balaban J connectivity index is 1.32. The molecule has 0 radical (unpaired) electrons. The van der Waals surface area contributed by atoms with Gasteiger partial charge in [0.1, 0.15) is 17.7 Å². The van der Waals surface area contributed by atoms with Crippen LogP contribution >= 0.6 is 0 Å². The van der Waals surface area contributed by atoms with Crippen molar-refractivity contribution in [2.45, 2.75) is 25.9 Å². The summed E-state index contributed by atoms with van der Waals surface area (Å²) in [6, 6.07) is 7.56. The van der Waals surface area contributed by atoms with Gasteiger partial charge in [0.15, 0.2) is 6.23 Å². The summed E-state index contributed by atoms with van der Waals surface area (Å²) in [5, 5.41) is 13.5. The second kappa shape index (κ2) is 11.0. The number of anilines is 1. The van der Waals surface area contributed by atoms with E-state index >= 15 is 0 Å². The van der Waals surface area contributed by atoms with Gasteiger partial charge in [-0.3, -0.25) is 14.3 Å². The van der Waals surface area contributed by atoms with E-state index in [1.54, 1.807) is 35.3 Å². The van der Waals surface area contributed by atoms with Gasteiger partial charge in [-0.05, 0) is 43.7 Å². The Hall–Kier alpha value is -3.98. The summed E-state index contributed by atoms with van der Waals surface area (Å²) in [5.41, 5.74) is 2.76. The molecule has 0 amide bonds. The highest BCUT2D eigenvalue weighted by Gasteiger charge is 2.34. The second-order valence-corrected chi connectivity index (χ2v) is 9.65. The van der Waals surface area contributed by atoms with Crippen molar-refractivity contribution in [1.29, 1.82) is 0 Å². The molecule has 1 aliphatic rings. The molecule has 0 aliphatic carbocycles. The van der Waals surface area contributed by atoms with Gasteiger partial charge in [-0.1, -0.05) is 12.0 Å². The summed E-state index contributed by atoms with van der Waals surface area (Å²) in [6.07, 6.45) is 0.471. The van der Waals surface area contributed by atoms with Gasteiger partial charge < -0.3 is 15.3 Å². The van der Waals surface area contributed by atoms with Gasteiger partial charge >= 0.3 is 6.18 Å². The summed E-state index contributed by atoms with van der Waals surface area (Å²) in [6.45, 7) is 5.17. The normalized spacial score (nSPS) is 15.6. The third-order valence-corrected chi connectivity index (χ3v) is 6.66. The van der Waals surface area contributed by atoms with E-state index in [1.165, 1.54) is 12.3 Å². The van der Waals surface area contributed by atoms with Crippen LogP contribution in [-0.2, 0) is 12.7 Å². The van der Waals surface area contributed by atoms with Crippen LogP contribution < -0.4 is 5.32 Å². The quantitative estimate of drug-likeness (QED) is 0.298. The first-order valence-electron chi connectivity index (χ1n) is 12.5. The summed E-state index contributed by atoms with van der Waals surface area (Å²) < 4.78 is 43.5. The molecule has 3 aromatic heterocycles. The first-order chi connectivity index (χ1) is 18.7. The van der Waals surface area contributed by atoms with Crippen molar-refractivity contribution in [1.82, 2.24) is 29.2 Å². The summed E-state index contributed by atoms with van der Waals surface area (Å²) in [4.78, 5) is 16.9. The van der Waals surface area contributed by atoms with Crippen molar-refractivity contribution in [3.63, 3.8) is 0 Å². The lowest BCUT2D eigenvalue weighted by molar-refractivity contribution is -0.138. The number of nitrogens with zero attached hydrogens (tertiary/aromatic N) is 6. The number of alkyl halides is 3. The van der Waals surface area contributed by atoms with E-state index in [0.717, 1.165) is 30.5 Å². The third kappa shape index (κ3) is 6.37. The van der Waals surface area contributed by atoms with E-state index in [0.29, 0.717) is 29.9 Å². The Morgan fingerprint density at radius 2 is 1.82 bits per heavy atom. The van der Waals surface area contributed by atoms with Crippen LogP contribution in [0.5, 0.6) is 0 Å². The van der Waals surface area contributed by atoms with Crippen LogP contribution in [0.25, 0.3) is 5.65 Å². The predicted octanol–water partition coefficient (Wildman–Crippen LogP) is 3.70. The number of aliphatic hydroxyl groups is 1. The van der Waals surface area contributed by atoms with Crippen molar-refractivity contribution in [2.75, 3.05) is 38.5 Å². The Morgan fingerprint density at radius 3 is 2.59 bits per heavy atom. The molecule has 1 atom stereocenters. The molecule has 0 spiro atoms. The van der Waals surface area contributed by atoms with E-state index in [2.05, 4.69) is 37.0 Å². The van der Waals surface area contributed by atoms with Gasteiger partial charge in [-0.15, -0.1) is 0 Å². The van der Waals surface area contributed by atoms with Crippen molar-refractivity contribution < 1.29 is 18.3 Å². The Labute approximate surface area is 224 Å². The average Bonchev–Trinajstić information content (AvgIpc) is 3.31. The number of benzene rings is 1. The molecule has 1 unspecified atom stereocenters. The molecule has 1 fully saturated rings. The van der Waals surface area contributed by atoms with E-state index in [4.69, 9.17) is 0 Å². The predicted molar refractivity (Wildman–Crippen MR) is 141 cm³/mol. The molecule has 2 N–H and O–H groups in total. The number of aliphatic hydroxyl groups excluding tert-OH is 1. The monoisotopic (exact) mass is 535 g/mol. The van der Waals surface area contributed by atoms with Crippen molar-refractivity contribution >= 4 is 11.3 Å². The highest BCUT2D eigenvalue weighted by molar-refractivity contribution is 5.52. The largest absolute Gasteiger partial charge is 0.416 e. The lowest BCUT2D eigenvalue weighted by atomic mass is 10.0. The molecular weight excluding hydrogens is 507 g/mol. The molecule has 39 heavy (non-hydrogen) atoms. The van der Waals surface area contributed by atoms with Crippen LogP contribution in [0.3, 0.4) is 0 Å². The zero-order chi connectivity index (χ0) is 27.6. The number of halogens is 3. The van der Waals surface area contributed by atoms with E-state index in [9.17, 15) is 18.3 Å². The number of nitrogens with one attached hydrogen (secondary N) is 1. The van der Waals surface area contributed by atoms with Gasteiger partial charge in [0.25, 0.3) is 0 Å². The van der Waals surface area contributed by atoms with Crippen LogP contribution in [-0.4, -0.2) is 67.5 Å². The van der Waals surface area contributed by atoms with E-state index < -0.39 is 18.0 Å². The van der Waals surface area contributed by atoms with E-state index in [-0.39, 0.29) is 17.8 Å². The first-order valence-corrected chi connectivity index (χ1v) is 12.5. The number of likely N-dealkylation sites (N-methyl/N-ethyl adjacent to an activating group) is 1. The zero-order valence-corrected chi connectivity index (χ0v) is 21.6. The number of rotatable bonds is 5. The van der Waals surface area contributed by atoms with Crippen LogP contribution in [0.2, 0.25) is 0 Å². The number of imidazole rings is 1. The molecule has 5 rings (SSSR count). The van der Waals surface area contributed by atoms with E-state index in [1.807, 2.05) is 24.9 Å². The lowest BCUT2D eigenvalue weighted by Crippen LogP contribution is -2.44. The number of hydrogen-bond donors (Lipinski definition) is 2. The summed E-state index contributed by atoms with van der Waals surface area (Å²) in [7, 11) is 2.00. The zero-order valence-electron chi connectivity index (χ0n) is 21.6. The summed E-state index contributed by atoms with van der Waals surface area (Å²) >= 11 is 0. The molecule has 8 nitrogen and oxygen atoms in total. The standard InChI is InChI=1S/C28H28F3N7O/c1-19-11-26-33-16-24(38(26)18-34-19)6-3-20-12-22(15-32-14-20)27(39)35-23-5-4-21(25(13-23)28(29,30)31)17-37-9-7-36(2)8-10-37/h4-5,11-16,18,27,35,39H,7-10,17H2,1-2H3. The fourth-order valence-corrected chi connectivity index (χ4v) is 4.44. The average molecular weight is 536 g/mol. The highest BCUT2D eigenvalue weighted by atomic mass is 19.4. The second-order valence-electron chi connectivity index (χ2n) is 9.65. The molecular formula is C28H28F3N7O. The summed E-state index contributed by atoms with van der Waals surface area (Å²) in [5.74, 6) is 6.02. The number of piperazine rings is 1. The molecule has 1 saturated heterocycles. The van der Waals surface area contributed by atoms with Crippen molar-refractivity contribution in [2.24, 2.45) is 0 Å². The van der Waals surface area contributed by atoms with Crippen LogP contribution in [0.1, 0.15) is 39.9 Å².